The molecule has 0 spiro atoms. The summed E-state index contributed by atoms with van der Waals surface area (Å²) in [5.74, 6) is -0.419. The van der Waals surface area contributed by atoms with Crippen LogP contribution in [0.2, 0.25) is 0 Å². The molecule has 0 unspecified atom stereocenters. The quantitative estimate of drug-likeness (QED) is 0.796. The van der Waals surface area contributed by atoms with Crippen molar-refractivity contribution in [2.24, 2.45) is 5.92 Å². The first-order valence-electron chi connectivity index (χ1n) is 9.49. The van der Waals surface area contributed by atoms with Crippen LogP contribution in [-0.2, 0) is 14.9 Å². The van der Waals surface area contributed by atoms with Crippen molar-refractivity contribution in [3.63, 3.8) is 0 Å². The Hall–Kier alpha value is -1.48. The third kappa shape index (κ3) is 4.68. The highest BCUT2D eigenvalue weighted by Gasteiger charge is 2.36. The number of methoxy groups -OCH3 is 1. The Labute approximate surface area is 161 Å². The van der Waals surface area contributed by atoms with Gasteiger partial charge in [0.05, 0.1) is 5.56 Å². The van der Waals surface area contributed by atoms with Crippen LogP contribution in [0.4, 0.5) is 0 Å². The number of piperidine rings is 2. The lowest BCUT2D eigenvalue weighted by molar-refractivity contribution is 0.0697. The number of carbonyl (C=O) groups is 1. The lowest BCUT2D eigenvalue weighted by Gasteiger charge is -2.38. The van der Waals surface area contributed by atoms with E-state index in [-0.39, 0.29) is 11.5 Å². The average Bonchev–Trinajstić information content (AvgIpc) is 2.69. The van der Waals surface area contributed by atoms with Gasteiger partial charge in [0.15, 0.2) is 0 Å². The smallest absolute Gasteiger partial charge is 0.335 e. The van der Waals surface area contributed by atoms with Gasteiger partial charge in [-0.1, -0.05) is 12.1 Å². The van der Waals surface area contributed by atoms with Crippen LogP contribution in [0.25, 0.3) is 0 Å². The topological polar surface area (TPSA) is 87.2 Å². The van der Waals surface area contributed by atoms with E-state index < -0.39 is 16.2 Å². The summed E-state index contributed by atoms with van der Waals surface area (Å²) in [5.41, 5.74) is 1.25. The molecule has 150 valence electrons. The number of ether oxygens (including phenoxy) is 1. The monoisotopic (exact) mass is 396 g/mol. The molecule has 1 atom stereocenters. The number of carboxylic acid groups (broad SMARTS) is 1. The van der Waals surface area contributed by atoms with Crippen molar-refractivity contribution in [2.45, 2.75) is 31.6 Å². The number of hydrogen-bond acceptors (Lipinski definition) is 4. The molecule has 0 radical (unpaired) electrons. The first-order chi connectivity index (χ1) is 12.9. The summed E-state index contributed by atoms with van der Waals surface area (Å²) in [6, 6.07) is 6.79. The standard InChI is InChI=1S/C19H28N2O5S/c1-26-14-15-8-11-20(12-9-15)27(24,25)21-10-2-3-18(13-21)16-4-6-17(7-5-16)19(22)23/h4-7,15,18H,2-3,8-14H2,1H3,(H,22,23)/t18-/m1/s1. The highest BCUT2D eigenvalue weighted by atomic mass is 32.2. The van der Waals surface area contributed by atoms with Crippen molar-refractivity contribution in [3.05, 3.63) is 35.4 Å². The van der Waals surface area contributed by atoms with Gasteiger partial charge in [0.25, 0.3) is 10.2 Å². The van der Waals surface area contributed by atoms with E-state index in [1.165, 1.54) is 0 Å². The predicted octanol–water partition coefficient (Wildman–Crippen LogP) is 2.17. The highest BCUT2D eigenvalue weighted by Crippen LogP contribution is 2.30. The van der Waals surface area contributed by atoms with E-state index in [0.717, 1.165) is 31.2 Å². The lowest BCUT2D eigenvalue weighted by atomic mass is 9.91. The van der Waals surface area contributed by atoms with Crippen molar-refractivity contribution in [2.75, 3.05) is 39.9 Å². The Balaban J connectivity index is 1.65. The van der Waals surface area contributed by atoms with Gasteiger partial charge in [-0.3, -0.25) is 0 Å². The van der Waals surface area contributed by atoms with Crippen LogP contribution < -0.4 is 0 Å². The minimum atomic E-state index is -3.45. The Morgan fingerprint density at radius 1 is 1.11 bits per heavy atom. The average molecular weight is 397 g/mol. The maximum Gasteiger partial charge on any atom is 0.335 e. The van der Waals surface area contributed by atoms with Gasteiger partial charge in [0, 0.05) is 39.9 Å². The zero-order valence-corrected chi connectivity index (χ0v) is 16.5. The SMILES string of the molecule is COCC1CCN(S(=O)(=O)N2CCC[C@@H](c3ccc(C(=O)O)cc3)C2)CC1. The van der Waals surface area contributed by atoms with Crippen molar-refractivity contribution in [1.82, 2.24) is 8.61 Å². The third-order valence-electron chi connectivity index (χ3n) is 5.64. The molecule has 2 aliphatic rings. The minimum Gasteiger partial charge on any atom is -0.478 e. The summed E-state index contributed by atoms with van der Waals surface area (Å²) in [7, 11) is -1.77. The summed E-state index contributed by atoms with van der Waals surface area (Å²) >= 11 is 0. The van der Waals surface area contributed by atoms with Crippen LogP contribution >= 0.6 is 0 Å². The number of hydrogen-bond donors (Lipinski definition) is 1. The van der Waals surface area contributed by atoms with E-state index in [1.807, 2.05) is 0 Å². The van der Waals surface area contributed by atoms with Crippen LogP contribution in [0.5, 0.6) is 0 Å². The fraction of sp³-hybridized carbons (Fsp3) is 0.632. The molecule has 2 fully saturated rings. The Bertz CT molecular complexity index is 742. The number of aromatic carboxylic acids is 1. The van der Waals surface area contributed by atoms with Gasteiger partial charge in [-0.25, -0.2) is 4.79 Å². The molecule has 3 rings (SSSR count). The molecule has 2 heterocycles. The lowest BCUT2D eigenvalue weighted by Crippen LogP contribution is -2.50. The maximum absolute atomic E-state index is 13.1. The molecular weight excluding hydrogens is 368 g/mol. The molecule has 8 heteroatoms. The number of benzene rings is 1. The van der Waals surface area contributed by atoms with E-state index in [2.05, 4.69) is 0 Å². The van der Waals surface area contributed by atoms with Crippen molar-refractivity contribution >= 4 is 16.2 Å². The highest BCUT2D eigenvalue weighted by molar-refractivity contribution is 7.86. The van der Waals surface area contributed by atoms with E-state index in [9.17, 15) is 13.2 Å². The molecule has 1 aromatic carbocycles. The van der Waals surface area contributed by atoms with Gasteiger partial charge in [-0.15, -0.1) is 0 Å². The molecule has 1 N–H and O–H groups in total. The van der Waals surface area contributed by atoms with Crippen molar-refractivity contribution in [3.8, 4) is 0 Å². The molecule has 0 saturated carbocycles. The third-order valence-corrected chi connectivity index (χ3v) is 7.64. The van der Waals surface area contributed by atoms with E-state index in [4.69, 9.17) is 9.84 Å². The zero-order valence-electron chi connectivity index (χ0n) is 15.7. The Morgan fingerprint density at radius 3 is 2.37 bits per heavy atom. The summed E-state index contributed by atoms with van der Waals surface area (Å²) in [4.78, 5) is 11.0. The van der Waals surface area contributed by atoms with Gasteiger partial charge >= 0.3 is 5.97 Å². The van der Waals surface area contributed by atoms with Gasteiger partial charge in [-0.2, -0.15) is 17.0 Å². The Kier molecular flexibility index (Phi) is 6.52. The zero-order chi connectivity index (χ0) is 19.4. The summed E-state index contributed by atoms with van der Waals surface area (Å²) in [6.45, 7) is 2.78. The van der Waals surface area contributed by atoms with Gasteiger partial charge < -0.3 is 9.84 Å². The maximum atomic E-state index is 13.1. The van der Waals surface area contributed by atoms with Gasteiger partial charge in [0.1, 0.15) is 0 Å². The molecule has 0 aromatic heterocycles. The molecular formula is C19H28N2O5S. The molecule has 0 amide bonds. The molecule has 2 saturated heterocycles. The van der Waals surface area contributed by atoms with Crippen LogP contribution in [0, 0.1) is 5.92 Å². The van der Waals surface area contributed by atoms with Crippen LogP contribution in [-0.4, -0.2) is 68.0 Å². The minimum absolute atomic E-state index is 0.0994. The van der Waals surface area contributed by atoms with Crippen LogP contribution in [0.15, 0.2) is 24.3 Å². The van der Waals surface area contributed by atoms with Crippen LogP contribution in [0.3, 0.4) is 0 Å². The van der Waals surface area contributed by atoms with Crippen molar-refractivity contribution < 1.29 is 23.1 Å². The molecule has 0 aliphatic carbocycles. The molecule has 27 heavy (non-hydrogen) atoms. The van der Waals surface area contributed by atoms with Crippen molar-refractivity contribution in [1.29, 1.82) is 0 Å². The van der Waals surface area contributed by atoms with E-state index >= 15 is 0 Å². The second kappa shape index (κ2) is 8.68. The molecule has 1 aromatic rings. The van der Waals surface area contributed by atoms with E-state index in [0.29, 0.717) is 38.7 Å². The summed E-state index contributed by atoms with van der Waals surface area (Å²) in [6.07, 6.45) is 3.39. The number of carboxylic acids is 1. The molecule has 2 aliphatic heterocycles. The summed E-state index contributed by atoms with van der Waals surface area (Å²) < 4.78 is 34.5. The summed E-state index contributed by atoms with van der Waals surface area (Å²) in [5, 5.41) is 9.03. The second-order valence-corrected chi connectivity index (χ2v) is 9.36. The predicted molar refractivity (Wildman–Crippen MR) is 102 cm³/mol. The molecule has 0 bridgehead atoms. The Morgan fingerprint density at radius 2 is 1.78 bits per heavy atom. The largest absolute Gasteiger partial charge is 0.478 e. The van der Waals surface area contributed by atoms with E-state index in [1.54, 1.807) is 40.0 Å². The van der Waals surface area contributed by atoms with Gasteiger partial charge in [-0.05, 0) is 55.2 Å². The normalized spacial score (nSPS) is 23.4. The van der Waals surface area contributed by atoms with Gasteiger partial charge in [0.2, 0.25) is 0 Å². The first kappa shape index (κ1) is 20.3. The number of rotatable bonds is 6. The second-order valence-electron chi connectivity index (χ2n) is 7.43. The fourth-order valence-corrected chi connectivity index (χ4v) is 5.75. The fourth-order valence-electron chi connectivity index (χ4n) is 4.03. The first-order valence-corrected chi connectivity index (χ1v) is 10.9. The van der Waals surface area contributed by atoms with Crippen LogP contribution in [0.1, 0.15) is 47.5 Å². The number of nitrogens with zero attached hydrogens (tertiary/aromatic N) is 2. The molecule has 7 nitrogen and oxygen atoms in total.